The second-order valence-corrected chi connectivity index (χ2v) is 6.21. The minimum Gasteiger partial charge on any atom is -0.494 e. The Morgan fingerprint density at radius 1 is 1.27 bits per heavy atom. The smallest absolute Gasteiger partial charge is 0.315 e. The number of carbonyl (C=O) groups excluding carboxylic acids is 1. The maximum Gasteiger partial charge on any atom is 0.315 e. The highest BCUT2D eigenvalue weighted by Gasteiger charge is 2.23. The summed E-state index contributed by atoms with van der Waals surface area (Å²) in [5.41, 5.74) is 1.08. The highest BCUT2D eigenvalue weighted by molar-refractivity contribution is 5.74. The first-order valence-corrected chi connectivity index (χ1v) is 8.40. The summed E-state index contributed by atoms with van der Waals surface area (Å²) in [5, 5.41) is 6.15. The van der Waals surface area contributed by atoms with Crippen molar-refractivity contribution in [3.63, 3.8) is 0 Å². The van der Waals surface area contributed by atoms with Gasteiger partial charge in [0.2, 0.25) is 0 Å². The third-order valence-electron chi connectivity index (χ3n) is 4.47. The Labute approximate surface area is 133 Å². The van der Waals surface area contributed by atoms with Gasteiger partial charge in [-0.25, -0.2) is 4.79 Å². The Morgan fingerprint density at radius 2 is 1.95 bits per heavy atom. The van der Waals surface area contributed by atoms with E-state index in [0.29, 0.717) is 18.6 Å². The fraction of sp³-hybridized carbons (Fsp3) is 0.611. The van der Waals surface area contributed by atoms with Gasteiger partial charge in [0, 0.05) is 6.04 Å². The second kappa shape index (κ2) is 8.06. The number of urea groups is 1. The van der Waals surface area contributed by atoms with Crippen LogP contribution in [0.5, 0.6) is 5.75 Å². The van der Waals surface area contributed by atoms with Crippen molar-refractivity contribution in [1.29, 1.82) is 0 Å². The molecular formula is C18H28N2O2. The molecule has 2 rings (SSSR count). The summed E-state index contributed by atoms with van der Waals surface area (Å²) < 4.78 is 5.43. The van der Waals surface area contributed by atoms with Crippen molar-refractivity contribution in [2.24, 2.45) is 5.92 Å². The average molecular weight is 304 g/mol. The van der Waals surface area contributed by atoms with E-state index in [1.807, 2.05) is 38.1 Å². The van der Waals surface area contributed by atoms with Crippen molar-refractivity contribution in [3.05, 3.63) is 29.8 Å². The lowest BCUT2D eigenvalue weighted by Crippen LogP contribution is -2.46. The number of benzene rings is 1. The Morgan fingerprint density at radius 3 is 2.59 bits per heavy atom. The average Bonchev–Trinajstić information content (AvgIpc) is 2.50. The fourth-order valence-corrected chi connectivity index (χ4v) is 3.04. The Kier molecular flexibility index (Phi) is 6.10. The molecule has 0 aliphatic heterocycles. The van der Waals surface area contributed by atoms with Crippen LogP contribution in [0.15, 0.2) is 24.3 Å². The summed E-state index contributed by atoms with van der Waals surface area (Å²) in [4.78, 5) is 12.2. The standard InChI is InChI=1S/C18H28N2O2/c1-4-22-16-11-9-15(10-12-16)14(3)19-18(21)20-17-8-6-5-7-13(17)2/h9-14,17H,4-8H2,1-3H3,(H2,19,20,21). The zero-order valence-corrected chi connectivity index (χ0v) is 13.9. The molecule has 2 N–H and O–H groups in total. The SMILES string of the molecule is CCOc1ccc(C(C)NC(=O)NC2CCCCC2C)cc1. The molecule has 2 amide bonds. The lowest BCUT2D eigenvalue weighted by atomic mass is 9.86. The van der Waals surface area contributed by atoms with Gasteiger partial charge in [0.25, 0.3) is 0 Å². The minimum absolute atomic E-state index is 0.0189. The third-order valence-corrected chi connectivity index (χ3v) is 4.47. The number of ether oxygens (including phenoxy) is 1. The molecular weight excluding hydrogens is 276 g/mol. The van der Waals surface area contributed by atoms with E-state index in [9.17, 15) is 4.79 Å². The monoisotopic (exact) mass is 304 g/mol. The van der Waals surface area contributed by atoms with Crippen molar-refractivity contribution < 1.29 is 9.53 Å². The van der Waals surface area contributed by atoms with Crippen LogP contribution in [-0.4, -0.2) is 18.7 Å². The van der Waals surface area contributed by atoms with E-state index >= 15 is 0 Å². The molecule has 22 heavy (non-hydrogen) atoms. The van der Waals surface area contributed by atoms with Crippen molar-refractivity contribution in [2.75, 3.05) is 6.61 Å². The second-order valence-electron chi connectivity index (χ2n) is 6.21. The number of amides is 2. The molecule has 4 nitrogen and oxygen atoms in total. The van der Waals surface area contributed by atoms with Gasteiger partial charge >= 0.3 is 6.03 Å². The van der Waals surface area contributed by atoms with E-state index in [1.54, 1.807) is 0 Å². The van der Waals surface area contributed by atoms with Crippen LogP contribution < -0.4 is 15.4 Å². The van der Waals surface area contributed by atoms with E-state index in [0.717, 1.165) is 17.7 Å². The van der Waals surface area contributed by atoms with E-state index in [-0.39, 0.29) is 12.1 Å². The fourth-order valence-electron chi connectivity index (χ4n) is 3.04. The van der Waals surface area contributed by atoms with Gasteiger partial charge in [-0.05, 0) is 50.3 Å². The lowest BCUT2D eigenvalue weighted by molar-refractivity contribution is 0.219. The number of hydrogen-bond acceptors (Lipinski definition) is 2. The molecule has 0 heterocycles. The molecule has 1 aromatic carbocycles. The molecule has 0 spiro atoms. The molecule has 1 aliphatic carbocycles. The maximum atomic E-state index is 12.2. The molecule has 1 saturated carbocycles. The summed E-state index contributed by atoms with van der Waals surface area (Å²) in [5.74, 6) is 1.43. The number of carbonyl (C=O) groups is 1. The minimum atomic E-state index is -0.0693. The summed E-state index contributed by atoms with van der Waals surface area (Å²) >= 11 is 0. The quantitative estimate of drug-likeness (QED) is 0.863. The molecule has 4 heteroatoms. The van der Waals surface area contributed by atoms with Crippen LogP contribution in [-0.2, 0) is 0 Å². The summed E-state index contributed by atoms with van der Waals surface area (Å²) in [7, 11) is 0. The summed E-state index contributed by atoms with van der Waals surface area (Å²) in [6, 6.07) is 8.10. The van der Waals surface area contributed by atoms with E-state index in [1.165, 1.54) is 19.3 Å². The van der Waals surface area contributed by atoms with Gasteiger partial charge < -0.3 is 15.4 Å². The van der Waals surface area contributed by atoms with Gasteiger partial charge in [-0.1, -0.05) is 31.9 Å². The largest absolute Gasteiger partial charge is 0.494 e. The van der Waals surface area contributed by atoms with Crippen molar-refractivity contribution in [2.45, 2.75) is 58.5 Å². The van der Waals surface area contributed by atoms with Crippen molar-refractivity contribution >= 4 is 6.03 Å². The molecule has 0 bridgehead atoms. The van der Waals surface area contributed by atoms with Crippen LogP contribution >= 0.6 is 0 Å². The van der Waals surface area contributed by atoms with Gasteiger partial charge in [-0.2, -0.15) is 0 Å². The predicted octanol–water partition coefficient (Wildman–Crippen LogP) is 4.02. The van der Waals surface area contributed by atoms with Crippen LogP contribution in [0, 0.1) is 5.92 Å². The Bertz CT molecular complexity index is 472. The lowest BCUT2D eigenvalue weighted by Gasteiger charge is -2.30. The summed E-state index contributed by atoms with van der Waals surface area (Å²) in [6.07, 6.45) is 4.79. The first kappa shape index (κ1) is 16.7. The molecule has 122 valence electrons. The normalized spacial score (nSPS) is 22.7. The van der Waals surface area contributed by atoms with Gasteiger partial charge in [0.05, 0.1) is 12.6 Å². The molecule has 0 saturated heterocycles. The summed E-state index contributed by atoms with van der Waals surface area (Å²) in [6.45, 7) is 6.85. The molecule has 0 radical (unpaired) electrons. The highest BCUT2D eigenvalue weighted by Crippen LogP contribution is 2.24. The maximum absolute atomic E-state index is 12.2. The van der Waals surface area contributed by atoms with E-state index < -0.39 is 0 Å². The zero-order chi connectivity index (χ0) is 15.9. The van der Waals surface area contributed by atoms with Gasteiger partial charge in [-0.3, -0.25) is 0 Å². The highest BCUT2D eigenvalue weighted by atomic mass is 16.5. The van der Waals surface area contributed by atoms with Crippen molar-refractivity contribution in [3.8, 4) is 5.75 Å². The molecule has 1 fully saturated rings. The van der Waals surface area contributed by atoms with Crippen LogP contribution in [0.4, 0.5) is 4.79 Å². The number of nitrogens with one attached hydrogen (secondary N) is 2. The van der Waals surface area contributed by atoms with Crippen LogP contribution in [0.25, 0.3) is 0 Å². The van der Waals surface area contributed by atoms with E-state index in [4.69, 9.17) is 4.74 Å². The zero-order valence-electron chi connectivity index (χ0n) is 13.9. The van der Waals surface area contributed by atoms with Gasteiger partial charge in [0.15, 0.2) is 0 Å². The van der Waals surface area contributed by atoms with Crippen molar-refractivity contribution in [1.82, 2.24) is 10.6 Å². The topological polar surface area (TPSA) is 50.4 Å². The number of hydrogen-bond donors (Lipinski definition) is 2. The number of rotatable bonds is 5. The predicted molar refractivity (Wildman–Crippen MR) is 89.1 cm³/mol. The van der Waals surface area contributed by atoms with Gasteiger partial charge in [0.1, 0.15) is 5.75 Å². The Balaban J connectivity index is 1.84. The van der Waals surface area contributed by atoms with Crippen LogP contribution in [0.3, 0.4) is 0 Å². The van der Waals surface area contributed by atoms with Crippen LogP contribution in [0.1, 0.15) is 58.1 Å². The molecule has 1 aromatic rings. The molecule has 0 aromatic heterocycles. The van der Waals surface area contributed by atoms with Gasteiger partial charge in [-0.15, -0.1) is 0 Å². The Hall–Kier alpha value is -1.71. The molecule has 3 unspecified atom stereocenters. The first-order chi connectivity index (χ1) is 10.6. The molecule has 3 atom stereocenters. The van der Waals surface area contributed by atoms with Crippen LogP contribution in [0.2, 0.25) is 0 Å². The first-order valence-electron chi connectivity index (χ1n) is 8.40. The van der Waals surface area contributed by atoms with E-state index in [2.05, 4.69) is 17.6 Å². The molecule has 1 aliphatic rings. The third kappa shape index (κ3) is 4.65.